The summed E-state index contributed by atoms with van der Waals surface area (Å²) in [7, 11) is 0. The normalized spacial score (nSPS) is 10.6. The van der Waals surface area contributed by atoms with Crippen molar-refractivity contribution in [3.63, 3.8) is 0 Å². The van der Waals surface area contributed by atoms with E-state index in [1.807, 2.05) is 86.6 Å². The van der Waals surface area contributed by atoms with Gasteiger partial charge in [0.1, 0.15) is 12.4 Å². The van der Waals surface area contributed by atoms with Gasteiger partial charge in [-0.2, -0.15) is 0 Å². The average Bonchev–Trinajstić information content (AvgIpc) is 2.72. The van der Waals surface area contributed by atoms with E-state index in [1.165, 1.54) is 0 Å². The van der Waals surface area contributed by atoms with Gasteiger partial charge in [0.05, 0.1) is 0 Å². The molecule has 5 heteroatoms. The molecular weight excluding hydrogens is 384 g/mol. The molecule has 0 aliphatic carbocycles. The fourth-order valence-corrected chi connectivity index (χ4v) is 2.87. The molecule has 0 saturated heterocycles. The second-order valence-electron chi connectivity index (χ2n) is 7.14. The number of carbonyl (C=O) groups excluding carboxylic acids is 1. The first kappa shape index (κ1) is 20.7. The van der Waals surface area contributed by atoms with Gasteiger partial charge < -0.3 is 15.4 Å². The van der Waals surface area contributed by atoms with Gasteiger partial charge in [0.25, 0.3) is 0 Å². The van der Waals surface area contributed by atoms with Crippen molar-refractivity contribution in [3.05, 3.63) is 88.9 Å². The minimum atomic E-state index is -0.0368. The van der Waals surface area contributed by atoms with Gasteiger partial charge >= 0.3 is 0 Å². The average molecular weight is 409 g/mol. The Balaban J connectivity index is 1.48. The topological polar surface area (TPSA) is 50.4 Å². The van der Waals surface area contributed by atoms with Crippen molar-refractivity contribution < 1.29 is 9.53 Å². The number of hydrogen-bond acceptors (Lipinski definition) is 3. The Morgan fingerprint density at radius 2 is 1.62 bits per heavy atom. The molecule has 3 rings (SSSR count). The maximum atomic E-state index is 11.7. The van der Waals surface area contributed by atoms with Crippen LogP contribution in [0.5, 0.6) is 5.75 Å². The molecule has 0 bridgehead atoms. The first-order valence-electron chi connectivity index (χ1n) is 9.60. The lowest BCUT2D eigenvalue weighted by Crippen LogP contribution is -2.17. The number of halogens is 1. The van der Waals surface area contributed by atoms with Crippen LogP contribution in [-0.2, 0) is 17.9 Å². The standard InChI is InChI=1S/C24H25ClN2O2/c1-17(2)24(28)27-22-10-8-21(9-11-22)26-15-18-6-12-23(13-7-18)29-16-19-4-3-5-20(25)14-19/h3-14,17,26H,15-16H2,1-2H3,(H,27,28). The number of ether oxygens (including phenoxy) is 1. The first-order valence-corrected chi connectivity index (χ1v) is 9.98. The largest absolute Gasteiger partial charge is 0.489 e. The SMILES string of the molecule is CC(C)C(=O)Nc1ccc(NCc2ccc(OCc3cccc(Cl)c3)cc2)cc1. The first-order chi connectivity index (χ1) is 14.0. The fourth-order valence-electron chi connectivity index (χ4n) is 2.66. The van der Waals surface area contributed by atoms with Gasteiger partial charge in [-0.15, -0.1) is 0 Å². The molecule has 0 saturated carbocycles. The Bertz CT molecular complexity index is 938. The quantitative estimate of drug-likeness (QED) is 0.471. The highest BCUT2D eigenvalue weighted by Gasteiger charge is 2.06. The molecule has 1 amide bonds. The molecule has 0 fully saturated rings. The van der Waals surface area contributed by atoms with Crippen LogP contribution in [0.1, 0.15) is 25.0 Å². The van der Waals surface area contributed by atoms with Crippen LogP contribution >= 0.6 is 11.6 Å². The third kappa shape index (κ3) is 6.54. The summed E-state index contributed by atoms with van der Waals surface area (Å²) in [5.74, 6) is 0.799. The van der Waals surface area contributed by atoms with Crippen LogP contribution in [0.15, 0.2) is 72.8 Å². The number of rotatable bonds is 8. The van der Waals surface area contributed by atoms with E-state index in [4.69, 9.17) is 16.3 Å². The molecule has 0 aliphatic rings. The maximum absolute atomic E-state index is 11.7. The van der Waals surface area contributed by atoms with Gasteiger partial charge in [-0.1, -0.05) is 49.7 Å². The molecule has 29 heavy (non-hydrogen) atoms. The Morgan fingerprint density at radius 3 is 2.28 bits per heavy atom. The number of benzene rings is 3. The summed E-state index contributed by atoms with van der Waals surface area (Å²) >= 11 is 5.99. The van der Waals surface area contributed by atoms with Crippen LogP contribution in [0, 0.1) is 5.92 Å². The minimum absolute atomic E-state index is 0.0170. The predicted molar refractivity (Wildman–Crippen MR) is 119 cm³/mol. The Hall–Kier alpha value is -2.98. The summed E-state index contributed by atoms with van der Waals surface area (Å²) in [4.78, 5) is 11.7. The van der Waals surface area contributed by atoms with Crippen LogP contribution in [0.3, 0.4) is 0 Å². The minimum Gasteiger partial charge on any atom is -0.489 e. The molecule has 4 nitrogen and oxygen atoms in total. The lowest BCUT2D eigenvalue weighted by Gasteiger charge is -2.11. The van der Waals surface area contributed by atoms with Crippen LogP contribution in [0.2, 0.25) is 5.02 Å². The smallest absolute Gasteiger partial charge is 0.226 e. The summed E-state index contributed by atoms with van der Waals surface area (Å²) in [6.45, 7) is 4.93. The second kappa shape index (κ2) is 9.99. The molecule has 0 unspecified atom stereocenters. The lowest BCUT2D eigenvalue weighted by atomic mass is 10.2. The molecule has 0 aliphatic heterocycles. The number of hydrogen-bond donors (Lipinski definition) is 2. The van der Waals surface area contributed by atoms with Crippen molar-refractivity contribution in [1.29, 1.82) is 0 Å². The summed E-state index contributed by atoms with van der Waals surface area (Å²) in [6, 6.07) is 23.4. The van der Waals surface area contributed by atoms with Crippen molar-refractivity contribution in [2.75, 3.05) is 10.6 Å². The highest BCUT2D eigenvalue weighted by atomic mass is 35.5. The van der Waals surface area contributed by atoms with Crippen LogP contribution in [0.25, 0.3) is 0 Å². The van der Waals surface area contributed by atoms with Crippen LogP contribution in [0.4, 0.5) is 11.4 Å². The van der Waals surface area contributed by atoms with Crippen molar-refractivity contribution >= 4 is 28.9 Å². The van der Waals surface area contributed by atoms with E-state index in [0.717, 1.165) is 28.3 Å². The highest BCUT2D eigenvalue weighted by molar-refractivity contribution is 6.30. The van der Waals surface area contributed by atoms with E-state index in [-0.39, 0.29) is 11.8 Å². The lowest BCUT2D eigenvalue weighted by molar-refractivity contribution is -0.118. The van der Waals surface area contributed by atoms with Crippen LogP contribution in [-0.4, -0.2) is 5.91 Å². The number of nitrogens with one attached hydrogen (secondary N) is 2. The Morgan fingerprint density at radius 1 is 0.931 bits per heavy atom. The molecule has 0 radical (unpaired) electrons. The van der Waals surface area contributed by atoms with Crippen molar-refractivity contribution in [2.24, 2.45) is 5.92 Å². The fraction of sp³-hybridized carbons (Fsp3) is 0.208. The molecule has 3 aromatic rings. The van der Waals surface area contributed by atoms with Crippen molar-refractivity contribution in [1.82, 2.24) is 0 Å². The van der Waals surface area contributed by atoms with E-state index < -0.39 is 0 Å². The predicted octanol–water partition coefficient (Wildman–Crippen LogP) is 6.13. The van der Waals surface area contributed by atoms with Gasteiger partial charge in [0.2, 0.25) is 5.91 Å². The zero-order valence-corrected chi connectivity index (χ0v) is 17.4. The molecule has 0 atom stereocenters. The van der Waals surface area contributed by atoms with Gasteiger partial charge in [0.15, 0.2) is 0 Å². The molecule has 2 N–H and O–H groups in total. The number of carbonyl (C=O) groups is 1. The van der Waals surface area contributed by atoms with Gasteiger partial charge in [-0.25, -0.2) is 0 Å². The Kier molecular flexibility index (Phi) is 7.14. The zero-order chi connectivity index (χ0) is 20.6. The molecule has 150 valence electrons. The van der Waals surface area contributed by atoms with Crippen molar-refractivity contribution in [2.45, 2.75) is 27.0 Å². The third-order valence-corrected chi connectivity index (χ3v) is 4.63. The zero-order valence-electron chi connectivity index (χ0n) is 16.6. The summed E-state index contributed by atoms with van der Waals surface area (Å²) in [5.41, 5.74) is 3.98. The van der Waals surface area contributed by atoms with E-state index in [1.54, 1.807) is 0 Å². The Labute approximate surface area is 176 Å². The third-order valence-electron chi connectivity index (χ3n) is 4.39. The highest BCUT2D eigenvalue weighted by Crippen LogP contribution is 2.18. The summed E-state index contributed by atoms with van der Waals surface area (Å²) < 4.78 is 5.81. The van der Waals surface area contributed by atoms with Crippen molar-refractivity contribution in [3.8, 4) is 5.75 Å². The molecule has 3 aromatic carbocycles. The van der Waals surface area contributed by atoms with E-state index >= 15 is 0 Å². The summed E-state index contributed by atoms with van der Waals surface area (Å²) in [6.07, 6.45) is 0. The number of anilines is 2. The van der Waals surface area contributed by atoms with E-state index in [0.29, 0.717) is 18.2 Å². The van der Waals surface area contributed by atoms with Gasteiger partial charge in [-0.3, -0.25) is 4.79 Å². The molecule has 0 aromatic heterocycles. The van der Waals surface area contributed by atoms with E-state index in [9.17, 15) is 4.79 Å². The molecular formula is C24H25ClN2O2. The summed E-state index contributed by atoms with van der Waals surface area (Å²) in [5, 5.41) is 6.98. The maximum Gasteiger partial charge on any atom is 0.226 e. The van der Waals surface area contributed by atoms with E-state index in [2.05, 4.69) is 10.6 Å². The second-order valence-corrected chi connectivity index (χ2v) is 7.57. The van der Waals surface area contributed by atoms with Gasteiger partial charge in [0, 0.05) is 28.9 Å². The number of amides is 1. The monoisotopic (exact) mass is 408 g/mol. The molecule has 0 spiro atoms. The molecule has 0 heterocycles. The van der Waals surface area contributed by atoms with Gasteiger partial charge in [-0.05, 0) is 59.7 Å². The van der Waals surface area contributed by atoms with Crippen LogP contribution < -0.4 is 15.4 Å².